The number of nitrogens with one attached hydrogen (secondary N) is 7. The number of benzene rings is 2. The topological polar surface area (TPSA) is 252 Å². The molecule has 0 saturated carbocycles. The van der Waals surface area contributed by atoms with Gasteiger partial charge in [-0.25, -0.2) is 0 Å². The number of hydrogen-bond donors (Lipinski definition) is 8. The number of carbonyl (C=O) groups is 8. The van der Waals surface area contributed by atoms with Crippen LogP contribution < -0.4 is 26.6 Å². The van der Waals surface area contributed by atoms with E-state index in [9.17, 15) is 43.5 Å². The number of fused-ring (bicyclic) bond motifs is 2. The van der Waals surface area contributed by atoms with Crippen LogP contribution in [-0.4, -0.2) is 110 Å². The Balaban J connectivity index is 1.28. The van der Waals surface area contributed by atoms with E-state index < -0.39 is 90.5 Å². The maximum absolute atomic E-state index is 14.2. The van der Waals surface area contributed by atoms with Crippen LogP contribution >= 0.6 is 0 Å². The molecule has 67 heavy (non-hydrogen) atoms. The summed E-state index contributed by atoms with van der Waals surface area (Å²) in [6.45, 7) is 14.3. The van der Waals surface area contributed by atoms with Gasteiger partial charge >= 0.3 is 5.97 Å². The Kier molecular flexibility index (Phi) is 17.9. The van der Waals surface area contributed by atoms with Crippen molar-refractivity contribution in [2.45, 2.75) is 124 Å². The number of amides is 6. The molecule has 2 aromatic carbocycles. The Morgan fingerprint density at radius 3 is 1.79 bits per heavy atom. The Morgan fingerprint density at radius 2 is 1.24 bits per heavy atom. The molecule has 1 fully saturated rings. The molecule has 17 heteroatoms. The molecule has 5 rings (SSSR count). The number of nitrogens with zero attached hydrogens (tertiary/aromatic N) is 1. The van der Waals surface area contributed by atoms with Gasteiger partial charge in [0.2, 0.25) is 35.4 Å². The highest BCUT2D eigenvalue weighted by Crippen LogP contribution is 2.26. The predicted octanol–water partition coefficient (Wildman–Crippen LogP) is 4.15. The highest BCUT2D eigenvalue weighted by atomic mass is 16.4. The molecular formula is C50H68N8O9. The van der Waals surface area contributed by atoms with Gasteiger partial charge in [0.15, 0.2) is 5.78 Å². The van der Waals surface area contributed by atoms with E-state index in [1.54, 1.807) is 47.7 Å². The number of aliphatic carboxylic acids is 1. The fraction of sp³-hybridized carbons (Fsp3) is 0.520. The number of carboxylic acid groups (broad SMARTS) is 1. The SMILES string of the molecule is CC(C)C[C@@H](Cc1c[nH]c2ccccc12)C(=O)N[C@H](C(=O)N[C@@H](CC(=O)O)C(=O)NCC(=O)N[C@@H](Cc1c[nH]c2ccccc12)C(=O)N[C@H](C(=O)N1CCC[C@H]1C(=O)C(C)C)C(C)C)C(C)C. The molecule has 0 aliphatic carbocycles. The Morgan fingerprint density at radius 1 is 0.672 bits per heavy atom. The molecule has 3 heterocycles. The van der Waals surface area contributed by atoms with Crippen LogP contribution in [0.4, 0.5) is 0 Å². The van der Waals surface area contributed by atoms with Crippen molar-refractivity contribution >= 4 is 69.0 Å². The number of para-hydroxylation sites is 2. The zero-order valence-electron chi connectivity index (χ0n) is 39.9. The third kappa shape index (κ3) is 13.5. The summed E-state index contributed by atoms with van der Waals surface area (Å²) in [5.74, 6) is -6.89. The van der Waals surface area contributed by atoms with Crippen LogP contribution in [0.1, 0.15) is 92.2 Å². The van der Waals surface area contributed by atoms with E-state index in [1.807, 2.05) is 68.6 Å². The summed E-state index contributed by atoms with van der Waals surface area (Å²) in [5, 5.41) is 24.8. The van der Waals surface area contributed by atoms with Crippen LogP contribution in [0.5, 0.6) is 0 Å². The van der Waals surface area contributed by atoms with Crippen LogP contribution in [0.25, 0.3) is 21.8 Å². The number of carboxylic acids is 1. The van der Waals surface area contributed by atoms with Gasteiger partial charge in [0.1, 0.15) is 24.2 Å². The van der Waals surface area contributed by atoms with E-state index in [2.05, 4.69) is 36.6 Å². The molecule has 0 radical (unpaired) electrons. The second-order valence-corrected chi connectivity index (χ2v) is 19.2. The summed E-state index contributed by atoms with van der Waals surface area (Å²) in [5.41, 5.74) is 3.38. The lowest BCUT2D eigenvalue weighted by Crippen LogP contribution is -2.59. The lowest BCUT2D eigenvalue weighted by molar-refractivity contribution is -0.143. The van der Waals surface area contributed by atoms with Gasteiger partial charge < -0.3 is 46.6 Å². The van der Waals surface area contributed by atoms with Crippen molar-refractivity contribution in [2.24, 2.45) is 29.6 Å². The second kappa shape index (κ2) is 23.3. The summed E-state index contributed by atoms with van der Waals surface area (Å²) in [7, 11) is 0. The average molecular weight is 925 g/mol. The number of aromatic nitrogens is 2. The molecule has 2 aromatic heterocycles. The van der Waals surface area contributed by atoms with Crippen molar-refractivity contribution in [1.29, 1.82) is 0 Å². The van der Waals surface area contributed by atoms with E-state index in [-0.39, 0.29) is 35.9 Å². The third-order valence-electron chi connectivity index (χ3n) is 12.4. The van der Waals surface area contributed by atoms with Crippen molar-refractivity contribution < 1.29 is 43.5 Å². The number of Topliss-reactive ketones (excluding diaryl/α,β-unsaturated/α-hetero) is 1. The first-order valence-corrected chi connectivity index (χ1v) is 23.4. The van der Waals surface area contributed by atoms with Gasteiger partial charge in [-0.3, -0.25) is 38.4 Å². The van der Waals surface area contributed by atoms with Gasteiger partial charge in [-0.05, 0) is 66.7 Å². The minimum absolute atomic E-state index is 0.00741. The van der Waals surface area contributed by atoms with Gasteiger partial charge in [0.05, 0.1) is 19.0 Å². The fourth-order valence-electron chi connectivity index (χ4n) is 8.79. The normalized spacial score (nSPS) is 16.2. The molecule has 6 amide bonds. The molecular weight excluding hydrogens is 857 g/mol. The number of carbonyl (C=O) groups excluding carboxylic acids is 7. The van der Waals surface area contributed by atoms with E-state index in [4.69, 9.17) is 0 Å². The first kappa shape index (κ1) is 51.5. The number of ketones is 1. The van der Waals surface area contributed by atoms with E-state index >= 15 is 0 Å². The molecule has 1 saturated heterocycles. The van der Waals surface area contributed by atoms with Gasteiger partial charge in [-0.1, -0.05) is 91.8 Å². The minimum atomic E-state index is -1.63. The quantitative estimate of drug-likeness (QED) is 0.0531. The molecule has 0 unspecified atom stereocenters. The number of likely N-dealkylation sites (tertiary alicyclic amines) is 1. The number of aromatic amines is 2. The molecule has 1 aliphatic heterocycles. The fourth-order valence-corrected chi connectivity index (χ4v) is 8.79. The van der Waals surface area contributed by atoms with Crippen LogP contribution in [-0.2, 0) is 51.2 Å². The molecule has 362 valence electrons. The van der Waals surface area contributed by atoms with Crippen molar-refractivity contribution in [3.05, 3.63) is 72.1 Å². The zero-order chi connectivity index (χ0) is 49.1. The van der Waals surface area contributed by atoms with Gasteiger partial charge in [0, 0.05) is 59.0 Å². The van der Waals surface area contributed by atoms with Crippen LogP contribution in [0, 0.1) is 29.6 Å². The standard InChI is InChI=1S/C50H68N8O9/c1-27(2)20-31(21-32-24-51-36-16-11-9-14-34(32)36)46(63)56-43(28(3)4)49(66)55-39(23-42(60)61)47(64)53-26-41(59)54-38(22-33-25-52-37-17-12-10-15-35(33)37)48(65)57-44(29(5)6)50(67)58-19-13-18-40(58)45(62)30(7)8/h9-12,14-17,24-25,27-31,38-40,43-44,51-52H,13,18-23,26H2,1-8H3,(H,53,64)(H,54,59)(H,55,66)(H,56,63)(H,57,65)(H,60,61)/t31-,38-,39-,40-,43-,44-/m0/s1. The Labute approximate surface area is 391 Å². The van der Waals surface area contributed by atoms with Crippen LogP contribution in [0.15, 0.2) is 60.9 Å². The van der Waals surface area contributed by atoms with E-state index in [1.165, 1.54) is 4.90 Å². The first-order valence-electron chi connectivity index (χ1n) is 23.4. The predicted molar refractivity (Wildman–Crippen MR) is 254 cm³/mol. The van der Waals surface area contributed by atoms with Gasteiger partial charge in [-0.15, -0.1) is 0 Å². The summed E-state index contributed by atoms with van der Waals surface area (Å²) in [6.07, 6.45) is 4.88. The van der Waals surface area contributed by atoms with E-state index in [0.29, 0.717) is 37.8 Å². The van der Waals surface area contributed by atoms with Crippen molar-refractivity contribution in [2.75, 3.05) is 13.1 Å². The zero-order valence-corrected chi connectivity index (χ0v) is 39.9. The minimum Gasteiger partial charge on any atom is -0.481 e. The molecule has 17 nitrogen and oxygen atoms in total. The highest BCUT2D eigenvalue weighted by molar-refractivity contribution is 5.98. The second-order valence-electron chi connectivity index (χ2n) is 19.2. The Bertz CT molecular complexity index is 2420. The molecule has 4 aromatic rings. The first-order chi connectivity index (χ1) is 31.7. The van der Waals surface area contributed by atoms with Crippen LogP contribution in [0.3, 0.4) is 0 Å². The lowest BCUT2D eigenvalue weighted by Gasteiger charge is -2.32. The monoisotopic (exact) mass is 925 g/mol. The lowest BCUT2D eigenvalue weighted by atomic mass is 9.89. The summed E-state index contributed by atoms with van der Waals surface area (Å²) >= 11 is 0. The Hall–Kier alpha value is -6.52. The average Bonchev–Trinajstić information content (AvgIpc) is 4.04. The summed E-state index contributed by atoms with van der Waals surface area (Å²) in [6, 6.07) is 9.55. The number of hydrogen-bond acceptors (Lipinski definition) is 8. The maximum atomic E-state index is 14.2. The largest absolute Gasteiger partial charge is 0.481 e. The van der Waals surface area contributed by atoms with Crippen molar-refractivity contribution in [1.82, 2.24) is 41.5 Å². The molecule has 6 atom stereocenters. The smallest absolute Gasteiger partial charge is 0.305 e. The van der Waals surface area contributed by atoms with Gasteiger partial charge in [-0.2, -0.15) is 0 Å². The maximum Gasteiger partial charge on any atom is 0.305 e. The number of rotatable bonds is 23. The van der Waals surface area contributed by atoms with E-state index in [0.717, 1.165) is 27.4 Å². The third-order valence-corrected chi connectivity index (χ3v) is 12.4. The molecule has 1 aliphatic rings. The van der Waals surface area contributed by atoms with Crippen molar-refractivity contribution in [3.63, 3.8) is 0 Å². The van der Waals surface area contributed by atoms with Gasteiger partial charge in [0.25, 0.3) is 0 Å². The molecule has 0 spiro atoms. The molecule has 0 bridgehead atoms. The summed E-state index contributed by atoms with van der Waals surface area (Å²) < 4.78 is 0. The highest BCUT2D eigenvalue weighted by Gasteiger charge is 2.40. The number of H-pyrrole nitrogens is 2. The molecule has 8 N–H and O–H groups in total. The summed E-state index contributed by atoms with van der Waals surface area (Å²) in [4.78, 5) is 116. The van der Waals surface area contributed by atoms with Crippen LogP contribution in [0.2, 0.25) is 0 Å². The van der Waals surface area contributed by atoms with Crippen molar-refractivity contribution in [3.8, 4) is 0 Å².